The van der Waals surface area contributed by atoms with Crippen molar-refractivity contribution in [2.24, 2.45) is 0 Å². The normalized spacial score (nSPS) is 12.8. The van der Waals surface area contributed by atoms with Crippen molar-refractivity contribution in [3.8, 4) is 11.1 Å². The predicted octanol–water partition coefficient (Wildman–Crippen LogP) is 6.51. The Morgan fingerprint density at radius 2 is 1.64 bits per heavy atom. The molecule has 0 radical (unpaired) electrons. The number of halogens is 3. The van der Waals surface area contributed by atoms with Crippen LogP contribution < -0.4 is 5.48 Å². The average molecular weight is 398 g/mol. The second-order valence-corrected chi connectivity index (χ2v) is 7.07. The molecule has 0 atom stereocenters. The lowest BCUT2D eigenvalue weighted by molar-refractivity contribution is 0.0625. The molecule has 0 aromatic heterocycles. The summed E-state index contributed by atoms with van der Waals surface area (Å²) in [5, 5.41) is 0.659. The minimum Gasteiger partial charge on any atom is -0.271 e. The van der Waals surface area contributed by atoms with Gasteiger partial charge in [0.25, 0.3) is 0 Å². The van der Waals surface area contributed by atoms with Gasteiger partial charge in [0, 0.05) is 10.6 Å². The van der Waals surface area contributed by atoms with Crippen LogP contribution >= 0.6 is 11.6 Å². The highest BCUT2D eigenvalue weighted by Gasteiger charge is 2.20. The fourth-order valence-electron chi connectivity index (χ4n) is 3.03. The van der Waals surface area contributed by atoms with E-state index in [1.165, 1.54) is 17.7 Å². The summed E-state index contributed by atoms with van der Waals surface area (Å²) in [7, 11) is 0. The summed E-state index contributed by atoms with van der Waals surface area (Å²) >= 11 is 5.95. The van der Waals surface area contributed by atoms with Gasteiger partial charge >= 0.3 is 0 Å². The molecule has 142 valence electrons. The first-order valence-corrected chi connectivity index (χ1v) is 9.39. The summed E-state index contributed by atoms with van der Waals surface area (Å²) in [5.41, 5.74) is 6.76. The van der Waals surface area contributed by atoms with Gasteiger partial charge in [-0.25, -0.2) is 8.78 Å². The fraction of sp³-hybridized carbons (Fsp3) is 0.130. The molecule has 0 saturated heterocycles. The average Bonchev–Trinajstić information content (AvgIpc) is 3.54. The van der Waals surface area contributed by atoms with Gasteiger partial charge in [0.15, 0.2) is 0 Å². The van der Waals surface area contributed by atoms with Gasteiger partial charge in [-0.1, -0.05) is 60.1 Å². The van der Waals surface area contributed by atoms with Crippen molar-refractivity contribution in [3.63, 3.8) is 0 Å². The molecule has 4 rings (SSSR count). The van der Waals surface area contributed by atoms with Crippen molar-refractivity contribution in [2.45, 2.75) is 19.4 Å². The first-order chi connectivity index (χ1) is 13.6. The van der Waals surface area contributed by atoms with E-state index in [0.717, 1.165) is 24.1 Å². The molecule has 0 aliphatic heterocycles. The molecule has 28 heavy (non-hydrogen) atoms. The number of nitrogens with one attached hydrogen (secondary N) is 1. The van der Waals surface area contributed by atoms with Gasteiger partial charge in [0.2, 0.25) is 0 Å². The van der Waals surface area contributed by atoms with Crippen molar-refractivity contribution >= 4 is 17.3 Å². The van der Waals surface area contributed by atoms with Crippen LogP contribution in [0.2, 0.25) is 5.02 Å². The summed E-state index contributed by atoms with van der Waals surface area (Å²) in [6.45, 7) is -0.0314. The summed E-state index contributed by atoms with van der Waals surface area (Å²) in [6.07, 6.45) is 1.99. The molecule has 0 unspecified atom stereocenters. The van der Waals surface area contributed by atoms with Gasteiger partial charge in [-0.3, -0.25) is 10.3 Å². The third kappa shape index (κ3) is 4.08. The van der Waals surface area contributed by atoms with E-state index < -0.39 is 11.6 Å². The number of rotatable bonds is 6. The SMILES string of the molecule is Fc1ccc(CONC(=C2CC2)c2ccc(Cl)cc2)c(F)c1-c1ccccc1. The Morgan fingerprint density at radius 3 is 2.32 bits per heavy atom. The van der Waals surface area contributed by atoms with Crippen molar-refractivity contribution < 1.29 is 13.6 Å². The third-order valence-electron chi connectivity index (χ3n) is 4.62. The number of allylic oxidation sites excluding steroid dienone is 1. The molecular weight excluding hydrogens is 380 g/mol. The van der Waals surface area contributed by atoms with Gasteiger partial charge in [-0.15, -0.1) is 0 Å². The molecule has 0 bridgehead atoms. The second-order valence-electron chi connectivity index (χ2n) is 6.64. The van der Waals surface area contributed by atoms with Gasteiger partial charge in [0.1, 0.15) is 18.2 Å². The van der Waals surface area contributed by atoms with Crippen LogP contribution in [-0.4, -0.2) is 0 Å². The smallest absolute Gasteiger partial charge is 0.139 e. The minimum atomic E-state index is -0.611. The summed E-state index contributed by atoms with van der Waals surface area (Å²) in [5.74, 6) is -1.21. The molecule has 2 nitrogen and oxygen atoms in total. The molecule has 1 aliphatic carbocycles. The Labute approximate surface area is 167 Å². The molecular formula is C23H18ClF2NO. The van der Waals surface area contributed by atoms with E-state index in [0.29, 0.717) is 10.6 Å². The topological polar surface area (TPSA) is 21.3 Å². The molecule has 0 spiro atoms. The van der Waals surface area contributed by atoms with Crippen molar-refractivity contribution in [2.75, 3.05) is 0 Å². The lowest BCUT2D eigenvalue weighted by atomic mass is 10.0. The monoisotopic (exact) mass is 397 g/mol. The molecule has 0 heterocycles. The van der Waals surface area contributed by atoms with Crippen LogP contribution in [0.5, 0.6) is 0 Å². The van der Waals surface area contributed by atoms with Crippen LogP contribution in [0, 0.1) is 11.6 Å². The maximum absolute atomic E-state index is 14.9. The van der Waals surface area contributed by atoms with E-state index in [-0.39, 0.29) is 17.7 Å². The Hall–Kier alpha value is -2.69. The van der Waals surface area contributed by atoms with Crippen molar-refractivity contribution in [1.29, 1.82) is 0 Å². The van der Waals surface area contributed by atoms with Crippen LogP contribution in [0.1, 0.15) is 24.0 Å². The maximum atomic E-state index is 14.9. The zero-order chi connectivity index (χ0) is 19.5. The zero-order valence-corrected chi connectivity index (χ0v) is 15.8. The molecule has 1 fully saturated rings. The summed E-state index contributed by atoms with van der Waals surface area (Å²) < 4.78 is 29.1. The van der Waals surface area contributed by atoms with Crippen molar-refractivity contribution in [1.82, 2.24) is 5.48 Å². The molecule has 3 aromatic carbocycles. The van der Waals surface area contributed by atoms with Gasteiger partial charge < -0.3 is 0 Å². The maximum Gasteiger partial charge on any atom is 0.139 e. The van der Waals surface area contributed by atoms with Crippen LogP contribution in [0.4, 0.5) is 8.78 Å². The first kappa shape index (κ1) is 18.7. The van der Waals surface area contributed by atoms with Crippen LogP contribution in [-0.2, 0) is 11.4 Å². The van der Waals surface area contributed by atoms with Crippen molar-refractivity contribution in [3.05, 3.63) is 100 Å². The van der Waals surface area contributed by atoms with E-state index in [1.54, 1.807) is 30.3 Å². The standard InChI is InChI=1S/C23H18ClF2NO/c24-19-11-8-17(9-12-19)23(16-6-7-16)27-28-14-18-10-13-20(25)21(22(18)26)15-4-2-1-3-5-15/h1-5,8-13,27H,6-7,14H2. The number of benzene rings is 3. The number of hydroxylamine groups is 1. The quantitative estimate of drug-likeness (QED) is 0.478. The van der Waals surface area contributed by atoms with E-state index in [4.69, 9.17) is 16.4 Å². The highest BCUT2D eigenvalue weighted by Crippen LogP contribution is 2.35. The van der Waals surface area contributed by atoms with Crippen LogP contribution in [0.25, 0.3) is 16.8 Å². The van der Waals surface area contributed by atoms with Gasteiger partial charge in [-0.2, -0.15) is 0 Å². The van der Waals surface area contributed by atoms with Gasteiger partial charge in [0.05, 0.1) is 11.3 Å². The number of hydrogen-bond donors (Lipinski definition) is 1. The zero-order valence-electron chi connectivity index (χ0n) is 15.0. The first-order valence-electron chi connectivity index (χ1n) is 9.01. The van der Waals surface area contributed by atoms with E-state index in [9.17, 15) is 8.78 Å². The van der Waals surface area contributed by atoms with Crippen LogP contribution in [0.3, 0.4) is 0 Å². The number of hydrogen-bond acceptors (Lipinski definition) is 2. The third-order valence-corrected chi connectivity index (χ3v) is 4.87. The molecule has 5 heteroatoms. The minimum absolute atomic E-state index is 0.0314. The highest BCUT2D eigenvalue weighted by molar-refractivity contribution is 6.30. The van der Waals surface area contributed by atoms with Crippen LogP contribution in [0.15, 0.2) is 72.3 Å². The molecule has 1 saturated carbocycles. The summed E-state index contributed by atoms with van der Waals surface area (Å²) in [6, 6.07) is 18.8. The molecule has 1 aliphatic rings. The summed E-state index contributed by atoms with van der Waals surface area (Å²) in [4.78, 5) is 5.58. The molecule has 3 aromatic rings. The fourth-order valence-corrected chi connectivity index (χ4v) is 3.15. The Bertz CT molecular complexity index is 1010. The lowest BCUT2D eigenvalue weighted by Gasteiger charge is -2.14. The van der Waals surface area contributed by atoms with Gasteiger partial charge in [-0.05, 0) is 47.7 Å². The van der Waals surface area contributed by atoms with E-state index in [2.05, 4.69) is 5.48 Å². The Kier molecular flexibility index (Phi) is 5.42. The molecule has 0 amide bonds. The predicted molar refractivity (Wildman–Crippen MR) is 107 cm³/mol. The second kappa shape index (κ2) is 8.13. The van der Waals surface area contributed by atoms with E-state index in [1.807, 2.05) is 24.3 Å². The molecule has 1 N–H and O–H groups in total. The highest BCUT2D eigenvalue weighted by atomic mass is 35.5. The Morgan fingerprint density at radius 1 is 0.929 bits per heavy atom. The van der Waals surface area contributed by atoms with E-state index >= 15 is 0 Å². The lowest BCUT2D eigenvalue weighted by Crippen LogP contribution is -2.14. The largest absolute Gasteiger partial charge is 0.271 e. The Balaban J connectivity index is 1.51.